The van der Waals surface area contributed by atoms with Gasteiger partial charge in [-0.25, -0.2) is 0 Å². The van der Waals surface area contributed by atoms with Crippen LogP contribution in [-0.2, 0) is 9.53 Å². The molecular weight excluding hydrogens is 379 g/mol. The number of carbonyl (C=O) groups is 2. The fraction of sp³-hybridized carbons (Fsp3) is 0.529. The summed E-state index contributed by atoms with van der Waals surface area (Å²) >= 11 is 0. The van der Waals surface area contributed by atoms with E-state index in [0.717, 1.165) is 32.8 Å². The molecule has 2 rings (SSSR count). The van der Waals surface area contributed by atoms with Crippen LogP contribution in [0.1, 0.15) is 23.7 Å². The van der Waals surface area contributed by atoms with Gasteiger partial charge in [0.1, 0.15) is 0 Å². The normalized spacial score (nSPS) is 15.2. The first-order chi connectivity index (χ1) is 11.6. The lowest BCUT2D eigenvalue weighted by molar-refractivity contribution is -0.117. The largest absolute Gasteiger partial charge is 0.379 e. The molecule has 1 aliphatic rings. The van der Waals surface area contributed by atoms with Crippen LogP contribution in [0.25, 0.3) is 0 Å². The zero-order valence-corrected chi connectivity index (χ0v) is 16.5. The van der Waals surface area contributed by atoms with E-state index in [9.17, 15) is 9.59 Å². The Balaban J connectivity index is 0.00000312. The van der Waals surface area contributed by atoms with Crippen LogP contribution >= 0.6 is 24.8 Å². The summed E-state index contributed by atoms with van der Waals surface area (Å²) in [6, 6.07) is 6.27. The number of morpholine rings is 1. The number of halogens is 2. The van der Waals surface area contributed by atoms with Gasteiger partial charge in [-0.1, -0.05) is 6.92 Å². The summed E-state index contributed by atoms with van der Waals surface area (Å²) in [6.45, 7) is 6.59. The molecule has 1 fully saturated rings. The van der Waals surface area contributed by atoms with Crippen molar-refractivity contribution in [2.75, 3.05) is 44.7 Å². The molecule has 4 N–H and O–H groups in total. The summed E-state index contributed by atoms with van der Waals surface area (Å²) in [5.74, 6) is -0.341. The first-order valence-corrected chi connectivity index (χ1v) is 8.35. The Bertz CT molecular complexity index is 551. The predicted octanol–water partition coefficient (Wildman–Crippen LogP) is 1.27. The Kier molecular flexibility index (Phi) is 12.2. The summed E-state index contributed by atoms with van der Waals surface area (Å²) < 4.78 is 5.29. The number of nitrogens with zero attached hydrogens (tertiary/aromatic N) is 1. The minimum Gasteiger partial charge on any atom is -0.379 e. The Hall–Kier alpha value is -1.38. The maximum atomic E-state index is 12.1. The van der Waals surface area contributed by atoms with Crippen molar-refractivity contribution in [3.05, 3.63) is 29.8 Å². The quantitative estimate of drug-likeness (QED) is 0.633. The number of amides is 2. The van der Waals surface area contributed by atoms with Gasteiger partial charge in [0.2, 0.25) is 5.91 Å². The van der Waals surface area contributed by atoms with Crippen molar-refractivity contribution in [1.29, 1.82) is 0 Å². The number of ether oxygens (including phenoxy) is 1. The number of hydrogen-bond donors (Lipinski definition) is 3. The average Bonchev–Trinajstić information content (AvgIpc) is 2.62. The van der Waals surface area contributed by atoms with E-state index in [4.69, 9.17) is 10.5 Å². The van der Waals surface area contributed by atoms with E-state index in [0.29, 0.717) is 24.2 Å². The highest BCUT2D eigenvalue weighted by atomic mass is 35.5. The van der Waals surface area contributed by atoms with Crippen LogP contribution in [0.15, 0.2) is 24.3 Å². The molecule has 7 nitrogen and oxygen atoms in total. The molecular formula is C17H28Cl2N4O3. The van der Waals surface area contributed by atoms with E-state index in [1.54, 1.807) is 24.3 Å². The number of anilines is 1. The highest BCUT2D eigenvalue weighted by molar-refractivity contribution is 5.97. The minimum atomic E-state index is -0.520. The van der Waals surface area contributed by atoms with Gasteiger partial charge < -0.3 is 21.1 Å². The van der Waals surface area contributed by atoms with Crippen molar-refractivity contribution < 1.29 is 14.3 Å². The van der Waals surface area contributed by atoms with Crippen molar-refractivity contribution in [1.82, 2.24) is 10.2 Å². The van der Waals surface area contributed by atoms with Gasteiger partial charge in [0.25, 0.3) is 5.91 Å². The number of hydrogen-bond acceptors (Lipinski definition) is 5. The van der Waals surface area contributed by atoms with E-state index in [1.165, 1.54) is 0 Å². The summed E-state index contributed by atoms with van der Waals surface area (Å²) in [5, 5.41) is 5.64. The van der Waals surface area contributed by atoms with Crippen molar-refractivity contribution >= 4 is 42.3 Å². The van der Waals surface area contributed by atoms with Gasteiger partial charge in [-0.05, 0) is 30.7 Å². The zero-order chi connectivity index (χ0) is 17.4. The maximum Gasteiger partial charge on any atom is 0.251 e. The van der Waals surface area contributed by atoms with Crippen LogP contribution in [-0.4, -0.2) is 62.1 Å². The summed E-state index contributed by atoms with van der Waals surface area (Å²) in [5.41, 5.74) is 6.87. The molecule has 148 valence electrons. The van der Waals surface area contributed by atoms with E-state index in [-0.39, 0.29) is 36.6 Å². The van der Waals surface area contributed by atoms with E-state index in [1.807, 2.05) is 6.92 Å². The third-order valence-electron chi connectivity index (χ3n) is 4.01. The highest BCUT2D eigenvalue weighted by Gasteiger charge is 2.12. The van der Waals surface area contributed by atoms with Crippen LogP contribution in [0.2, 0.25) is 0 Å². The van der Waals surface area contributed by atoms with Gasteiger partial charge in [0.15, 0.2) is 0 Å². The fourth-order valence-electron chi connectivity index (χ4n) is 2.38. The molecule has 0 aromatic heterocycles. The second-order valence-corrected chi connectivity index (χ2v) is 5.79. The number of carbonyl (C=O) groups excluding carboxylic acids is 2. The third kappa shape index (κ3) is 7.88. The smallest absolute Gasteiger partial charge is 0.251 e. The molecule has 1 atom stereocenters. The van der Waals surface area contributed by atoms with Gasteiger partial charge in [-0.15, -0.1) is 24.8 Å². The van der Waals surface area contributed by atoms with Gasteiger partial charge >= 0.3 is 0 Å². The molecule has 1 aliphatic heterocycles. The number of nitrogens with one attached hydrogen (secondary N) is 2. The topological polar surface area (TPSA) is 96.7 Å². The standard InChI is InChI=1S/C17H26N4O3.2ClH/c1-2-15(18)17(23)20-14-5-3-13(4-6-14)16(22)19-7-8-21-9-11-24-12-10-21;;/h3-6,15H,2,7-12,18H2,1H3,(H,19,22)(H,20,23);2*1H/t15-;;/m0../s1. The molecule has 1 heterocycles. The molecule has 1 aromatic rings. The summed E-state index contributed by atoms with van der Waals surface area (Å²) in [6.07, 6.45) is 0.579. The first-order valence-electron chi connectivity index (χ1n) is 8.35. The predicted molar refractivity (Wildman–Crippen MR) is 107 cm³/mol. The summed E-state index contributed by atoms with van der Waals surface area (Å²) in [7, 11) is 0. The lowest BCUT2D eigenvalue weighted by Gasteiger charge is -2.26. The SMILES string of the molecule is CC[C@H](N)C(=O)Nc1ccc(C(=O)NCCN2CCOCC2)cc1.Cl.Cl. The molecule has 0 spiro atoms. The maximum absolute atomic E-state index is 12.1. The Morgan fingerprint density at radius 3 is 2.38 bits per heavy atom. The van der Waals surface area contributed by atoms with Gasteiger partial charge in [0.05, 0.1) is 19.3 Å². The lowest BCUT2D eigenvalue weighted by Crippen LogP contribution is -2.41. The zero-order valence-electron chi connectivity index (χ0n) is 14.9. The lowest BCUT2D eigenvalue weighted by atomic mass is 10.1. The Labute approximate surface area is 166 Å². The molecule has 0 saturated carbocycles. The molecule has 1 aromatic carbocycles. The average molecular weight is 407 g/mol. The number of rotatable bonds is 7. The molecule has 0 aliphatic carbocycles. The monoisotopic (exact) mass is 406 g/mol. The molecule has 0 bridgehead atoms. The first kappa shape index (κ1) is 24.6. The van der Waals surface area contributed by atoms with Crippen molar-refractivity contribution in [3.8, 4) is 0 Å². The number of benzene rings is 1. The van der Waals surface area contributed by atoms with Gasteiger partial charge in [0, 0.05) is 37.4 Å². The van der Waals surface area contributed by atoms with Crippen LogP contribution in [0, 0.1) is 0 Å². The second kappa shape index (κ2) is 12.9. The molecule has 0 radical (unpaired) electrons. The Morgan fingerprint density at radius 1 is 1.19 bits per heavy atom. The summed E-state index contributed by atoms with van der Waals surface area (Å²) in [4.78, 5) is 26.1. The van der Waals surface area contributed by atoms with Crippen molar-refractivity contribution in [2.24, 2.45) is 5.73 Å². The van der Waals surface area contributed by atoms with E-state index >= 15 is 0 Å². The molecule has 1 saturated heterocycles. The van der Waals surface area contributed by atoms with Crippen molar-refractivity contribution in [3.63, 3.8) is 0 Å². The Morgan fingerprint density at radius 2 is 1.81 bits per heavy atom. The van der Waals surface area contributed by atoms with Crippen LogP contribution < -0.4 is 16.4 Å². The number of nitrogens with two attached hydrogens (primary N) is 1. The van der Waals surface area contributed by atoms with Crippen LogP contribution in [0.4, 0.5) is 5.69 Å². The fourth-order valence-corrected chi connectivity index (χ4v) is 2.38. The van der Waals surface area contributed by atoms with E-state index in [2.05, 4.69) is 15.5 Å². The molecule has 0 unspecified atom stereocenters. The molecule has 2 amide bonds. The van der Waals surface area contributed by atoms with Crippen LogP contribution in [0.3, 0.4) is 0 Å². The molecule has 26 heavy (non-hydrogen) atoms. The van der Waals surface area contributed by atoms with Gasteiger partial charge in [-0.2, -0.15) is 0 Å². The molecule has 9 heteroatoms. The van der Waals surface area contributed by atoms with Crippen LogP contribution in [0.5, 0.6) is 0 Å². The second-order valence-electron chi connectivity index (χ2n) is 5.79. The highest BCUT2D eigenvalue weighted by Crippen LogP contribution is 2.10. The van der Waals surface area contributed by atoms with E-state index < -0.39 is 6.04 Å². The van der Waals surface area contributed by atoms with Crippen molar-refractivity contribution in [2.45, 2.75) is 19.4 Å². The minimum absolute atomic E-state index is 0. The third-order valence-corrected chi connectivity index (χ3v) is 4.01. The van der Waals surface area contributed by atoms with Gasteiger partial charge in [-0.3, -0.25) is 14.5 Å².